The molecule has 0 amide bonds. The van der Waals surface area contributed by atoms with Gasteiger partial charge in [0.2, 0.25) is 0 Å². The Kier molecular flexibility index (Phi) is 4.05. The number of aromatic amines is 1. The monoisotopic (exact) mass is 327 g/mol. The van der Waals surface area contributed by atoms with Crippen LogP contribution in [0, 0.1) is 0 Å². The molecule has 0 spiro atoms. The molecule has 2 aromatic heterocycles. The second-order valence-electron chi connectivity index (χ2n) is 4.92. The SMILES string of the molecule is CCc1ncc(S(=O)(=O)N2CCCC[C@H]2c2ncn[nH]2)s1. The number of sulfonamides is 1. The van der Waals surface area contributed by atoms with Gasteiger partial charge >= 0.3 is 0 Å². The molecule has 0 bridgehead atoms. The molecule has 21 heavy (non-hydrogen) atoms. The minimum absolute atomic E-state index is 0.265. The van der Waals surface area contributed by atoms with Crippen LogP contribution in [-0.2, 0) is 16.4 Å². The van der Waals surface area contributed by atoms with Crippen molar-refractivity contribution in [1.29, 1.82) is 0 Å². The number of H-pyrrole nitrogens is 1. The molecule has 0 aromatic carbocycles. The molecule has 1 fully saturated rings. The van der Waals surface area contributed by atoms with E-state index in [0.29, 0.717) is 16.6 Å². The number of aryl methyl sites for hydroxylation is 1. The molecule has 0 unspecified atom stereocenters. The molecule has 0 radical (unpaired) electrons. The van der Waals surface area contributed by atoms with E-state index in [1.807, 2.05) is 6.92 Å². The van der Waals surface area contributed by atoms with Gasteiger partial charge in [0.1, 0.15) is 12.2 Å². The Hall–Kier alpha value is -1.32. The summed E-state index contributed by atoms with van der Waals surface area (Å²) < 4.78 is 27.6. The highest BCUT2D eigenvalue weighted by molar-refractivity contribution is 7.91. The van der Waals surface area contributed by atoms with Gasteiger partial charge in [0.15, 0.2) is 4.21 Å². The molecule has 7 nitrogen and oxygen atoms in total. The van der Waals surface area contributed by atoms with Crippen molar-refractivity contribution in [3.63, 3.8) is 0 Å². The van der Waals surface area contributed by atoms with Gasteiger partial charge in [-0.15, -0.1) is 11.3 Å². The van der Waals surface area contributed by atoms with Crippen LogP contribution < -0.4 is 0 Å². The van der Waals surface area contributed by atoms with Gasteiger partial charge in [-0.2, -0.15) is 9.40 Å². The molecule has 2 aromatic rings. The van der Waals surface area contributed by atoms with E-state index < -0.39 is 10.0 Å². The van der Waals surface area contributed by atoms with E-state index in [4.69, 9.17) is 0 Å². The quantitative estimate of drug-likeness (QED) is 0.923. The van der Waals surface area contributed by atoms with E-state index in [1.54, 1.807) is 0 Å². The average molecular weight is 327 g/mol. The predicted octanol–water partition coefficient (Wildman–Crippen LogP) is 1.74. The van der Waals surface area contributed by atoms with Crippen LogP contribution in [0.25, 0.3) is 0 Å². The summed E-state index contributed by atoms with van der Waals surface area (Å²) in [6.45, 7) is 2.47. The van der Waals surface area contributed by atoms with E-state index in [2.05, 4.69) is 20.2 Å². The van der Waals surface area contributed by atoms with Crippen molar-refractivity contribution in [2.45, 2.75) is 42.9 Å². The number of aromatic nitrogens is 4. The van der Waals surface area contributed by atoms with Crippen molar-refractivity contribution >= 4 is 21.4 Å². The normalized spacial score (nSPS) is 20.7. The van der Waals surface area contributed by atoms with E-state index >= 15 is 0 Å². The van der Waals surface area contributed by atoms with Crippen molar-refractivity contribution < 1.29 is 8.42 Å². The lowest BCUT2D eigenvalue weighted by molar-refractivity contribution is 0.247. The summed E-state index contributed by atoms with van der Waals surface area (Å²) >= 11 is 1.25. The van der Waals surface area contributed by atoms with Crippen LogP contribution in [-0.4, -0.2) is 39.4 Å². The number of piperidine rings is 1. The first-order valence-electron chi connectivity index (χ1n) is 6.94. The van der Waals surface area contributed by atoms with Crippen molar-refractivity contribution in [3.05, 3.63) is 23.4 Å². The Morgan fingerprint density at radius 3 is 2.95 bits per heavy atom. The lowest BCUT2D eigenvalue weighted by Gasteiger charge is -2.32. The lowest BCUT2D eigenvalue weighted by atomic mass is 10.0. The predicted molar refractivity (Wildman–Crippen MR) is 78.4 cm³/mol. The second kappa shape index (κ2) is 5.82. The Balaban J connectivity index is 1.95. The smallest absolute Gasteiger partial charge is 0.254 e. The number of nitrogens with one attached hydrogen (secondary N) is 1. The molecule has 3 heterocycles. The topological polar surface area (TPSA) is 91.8 Å². The molecule has 3 rings (SSSR count). The molecule has 0 saturated carbocycles. The maximum Gasteiger partial charge on any atom is 0.254 e. The highest BCUT2D eigenvalue weighted by Gasteiger charge is 2.36. The van der Waals surface area contributed by atoms with Crippen LogP contribution in [0.2, 0.25) is 0 Å². The Labute approximate surface area is 127 Å². The van der Waals surface area contributed by atoms with Gasteiger partial charge < -0.3 is 0 Å². The third-order valence-electron chi connectivity index (χ3n) is 3.60. The van der Waals surface area contributed by atoms with Crippen LogP contribution in [0.15, 0.2) is 16.7 Å². The lowest BCUT2D eigenvalue weighted by Crippen LogP contribution is -2.38. The van der Waals surface area contributed by atoms with Crippen molar-refractivity contribution in [2.24, 2.45) is 0 Å². The van der Waals surface area contributed by atoms with Crippen LogP contribution in [0.5, 0.6) is 0 Å². The highest BCUT2D eigenvalue weighted by atomic mass is 32.2. The van der Waals surface area contributed by atoms with Crippen molar-refractivity contribution in [2.75, 3.05) is 6.54 Å². The van der Waals surface area contributed by atoms with Crippen LogP contribution >= 0.6 is 11.3 Å². The van der Waals surface area contributed by atoms with E-state index in [1.165, 1.54) is 28.2 Å². The fourth-order valence-corrected chi connectivity index (χ4v) is 5.44. The van der Waals surface area contributed by atoms with E-state index in [-0.39, 0.29) is 6.04 Å². The van der Waals surface area contributed by atoms with Gasteiger partial charge in [0.05, 0.1) is 17.2 Å². The largest absolute Gasteiger partial charge is 0.262 e. The van der Waals surface area contributed by atoms with Crippen LogP contribution in [0.1, 0.15) is 43.1 Å². The first-order chi connectivity index (χ1) is 10.1. The van der Waals surface area contributed by atoms with E-state index in [9.17, 15) is 8.42 Å². The second-order valence-corrected chi connectivity index (χ2v) is 8.16. The maximum atomic E-state index is 12.9. The number of rotatable bonds is 4. The molecule has 0 aliphatic carbocycles. The molecule has 9 heteroatoms. The Morgan fingerprint density at radius 2 is 2.29 bits per heavy atom. The van der Waals surface area contributed by atoms with Crippen molar-refractivity contribution in [1.82, 2.24) is 24.5 Å². The molecule has 1 saturated heterocycles. The third-order valence-corrected chi connectivity index (χ3v) is 7.09. The Morgan fingerprint density at radius 1 is 1.43 bits per heavy atom. The van der Waals surface area contributed by atoms with Gasteiger partial charge in [-0.3, -0.25) is 5.10 Å². The number of thiazole rings is 1. The zero-order valence-electron chi connectivity index (χ0n) is 11.7. The highest BCUT2D eigenvalue weighted by Crippen LogP contribution is 2.35. The molecular formula is C12H17N5O2S2. The fraction of sp³-hybridized carbons (Fsp3) is 0.583. The van der Waals surface area contributed by atoms with Gasteiger partial charge in [-0.05, 0) is 19.3 Å². The number of hydrogen-bond acceptors (Lipinski definition) is 6. The molecular weight excluding hydrogens is 310 g/mol. The van der Waals surface area contributed by atoms with Crippen LogP contribution in [0.4, 0.5) is 0 Å². The standard InChI is InChI=1S/C12H17N5O2S2/c1-2-10-13-7-11(20-10)21(18,19)17-6-4-3-5-9(17)12-14-8-15-16-12/h7-9H,2-6H2,1H3,(H,14,15,16)/t9-/m0/s1. The molecule has 1 N–H and O–H groups in total. The minimum Gasteiger partial charge on any atom is -0.262 e. The summed E-state index contributed by atoms with van der Waals surface area (Å²) in [5.74, 6) is 0.610. The molecule has 1 aliphatic heterocycles. The summed E-state index contributed by atoms with van der Waals surface area (Å²) in [7, 11) is -3.52. The summed E-state index contributed by atoms with van der Waals surface area (Å²) in [6.07, 6.45) is 6.23. The zero-order valence-corrected chi connectivity index (χ0v) is 13.3. The summed E-state index contributed by atoms with van der Waals surface area (Å²) in [4.78, 5) is 8.29. The summed E-state index contributed by atoms with van der Waals surface area (Å²) in [5.41, 5.74) is 0. The third kappa shape index (κ3) is 2.72. The molecule has 114 valence electrons. The van der Waals surface area contributed by atoms with Crippen LogP contribution in [0.3, 0.4) is 0 Å². The molecule has 1 aliphatic rings. The minimum atomic E-state index is -3.52. The summed E-state index contributed by atoms with van der Waals surface area (Å²) in [6, 6.07) is -0.265. The first-order valence-corrected chi connectivity index (χ1v) is 9.20. The number of nitrogens with zero attached hydrogens (tertiary/aromatic N) is 4. The van der Waals surface area contributed by atoms with Gasteiger partial charge in [-0.1, -0.05) is 13.3 Å². The van der Waals surface area contributed by atoms with Gasteiger partial charge in [0, 0.05) is 6.54 Å². The zero-order chi connectivity index (χ0) is 14.9. The van der Waals surface area contributed by atoms with E-state index in [0.717, 1.165) is 30.7 Å². The van der Waals surface area contributed by atoms with Gasteiger partial charge in [0.25, 0.3) is 10.0 Å². The Bertz CT molecular complexity index is 695. The molecule has 1 atom stereocenters. The van der Waals surface area contributed by atoms with Crippen molar-refractivity contribution in [3.8, 4) is 0 Å². The summed E-state index contributed by atoms with van der Waals surface area (Å²) in [5, 5.41) is 7.47. The first kappa shape index (κ1) is 14.6. The average Bonchev–Trinajstić information content (AvgIpc) is 3.18. The van der Waals surface area contributed by atoms with Gasteiger partial charge in [-0.25, -0.2) is 18.4 Å². The fourth-order valence-electron chi connectivity index (χ4n) is 2.53. The number of hydrogen-bond donors (Lipinski definition) is 1. The maximum absolute atomic E-state index is 12.9.